The van der Waals surface area contributed by atoms with Gasteiger partial charge in [0.25, 0.3) is 0 Å². The van der Waals surface area contributed by atoms with Crippen molar-refractivity contribution in [3.63, 3.8) is 0 Å². The average Bonchev–Trinajstić information content (AvgIpc) is 1.80. The van der Waals surface area contributed by atoms with Crippen LogP contribution in [0.25, 0.3) is 0 Å². The highest BCUT2D eigenvalue weighted by molar-refractivity contribution is 14.1. The molecule has 1 rings (SSSR count). The van der Waals surface area contributed by atoms with Crippen LogP contribution in [0.2, 0.25) is 5.15 Å². The number of halogens is 2. The van der Waals surface area contributed by atoms with E-state index in [2.05, 4.69) is 9.97 Å². The highest BCUT2D eigenvalue weighted by atomic mass is 127. The third-order valence-corrected chi connectivity index (χ3v) is 1.53. The molecule has 0 amide bonds. The number of hydrogen-bond donors (Lipinski definition) is 1. The molecular weight excluding hydrogens is 252 g/mol. The first-order chi connectivity index (χ1) is 4.20. The van der Waals surface area contributed by atoms with Crippen molar-refractivity contribution in [2.24, 2.45) is 0 Å². The molecule has 0 fully saturated rings. The number of hydrogen-bond acceptors (Lipinski definition) is 3. The molecule has 0 aliphatic carbocycles. The van der Waals surface area contributed by atoms with Gasteiger partial charge in [0.2, 0.25) is 0 Å². The van der Waals surface area contributed by atoms with E-state index in [1.807, 2.05) is 22.6 Å². The first kappa shape index (κ1) is 7.01. The van der Waals surface area contributed by atoms with Crippen LogP contribution in [0.3, 0.4) is 0 Å². The molecule has 0 saturated heterocycles. The molecule has 48 valence electrons. The Morgan fingerprint density at radius 1 is 1.67 bits per heavy atom. The van der Waals surface area contributed by atoms with E-state index < -0.39 is 0 Å². The smallest absolute Gasteiger partial charge is 0.171 e. The molecule has 0 radical (unpaired) electrons. The lowest BCUT2D eigenvalue weighted by atomic mass is 10.7. The summed E-state index contributed by atoms with van der Waals surface area (Å²) in [6, 6.07) is 0. The molecule has 0 aromatic carbocycles. The van der Waals surface area contributed by atoms with Crippen LogP contribution >= 0.6 is 34.2 Å². The van der Waals surface area contributed by atoms with Crippen molar-refractivity contribution in [1.29, 1.82) is 0 Å². The van der Waals surface area contributed by atoms with Gasteiger partial charge in [-0.15, -0.1) is 0 Å². The second-order valence-corrected chi connectivity index (χ2v) is 2.83. The summed E-state index contributed by atoms with van der Waals surface area (Å²) in [6.45, 7) is 0. The summed E-state index contributed by atoms with van der Waals surface area (Å²) < 4.78 is 0.745. The Labute approximate surface area is 70.8 Å². The van der Waals surface area contributed by atoms with Gasteiger partial charge in [0.1, 0.15) is 3.70 Å². The predicted molar refractivity (Wildman–Crippen MR) is 44.2 cm³/mol. The lowest BCUT2D eigenvalue weighted by Crippen LogP contribution is -1.94. The highest BCUT2D eigenvalue weighted by Crippen LogP contribution is 2.12. The van der Waals surface area contributed by atoms with E-state index in [0.717, 1.165) is 3.70 Å². The maximum absolute atomic E-state index is 5.48. The van der Waals surface area contributed by atoms with E-state index in [4.69, 9.17) is 17.3 Å². The molecule has 0 bridgehead atoms. The van der Waals surface area contributed by atoms with Gasteiger partial charge in [0.05, 0.1) is 6.20 Å². The van der Waals surface area contributed by atoms with E-state index in [1.165, 1.54) is 0 Å². The van der Waals surface area contributed by atoms with Gasteiger partial charge in [-0.1, -0.05) is 11.6 Å². The first-order valence-electron chi connectivity index (χ1n) is 2.13. The van der Waals surface area contributed by atoms with Crippen molar-refractivity contribution in [2.45, 2.75) is 0 Å². The van der Waals surface area contributed by atoms with Gasteiger partial charge in [-0.2, -0.15) is 0 Å². The van der Waals surface area contributed by atoms with Gasteiger partial charge >= 0.3 is 0 Å². The largest absolute Gasteiger partial charge is 0.381 e. The second kappa shape index (κ2) is 2.66. The molecule has 3 nitrogen and oxygen atoms in total. The summed E-state index contributed by atoms with van der Waals surface area (Å²) in [5.41, 5.74) is 5.31. The van der Waals surface area contributed by atoms with E-state index in [-0.39, 0.29) is 11.0 Å². The van der Waals surface area contributed by atoms with Crippen LogP contribution in [0.1, 0.15) is 0 Å². The van der Waals surface area contributed by atoms with Crippen molar-refractivity contribution in [2.75, 3.05) is 5.73 Å². The lowest BCUT2D eigenvalue weighted by Gasteiger charge is -1.93. The van der Waals surface area contributed by atoms with Crippen LogP contribution in [0.15, 0.2) is 6.20 Å². The topological polar surface area (TPSA) is 51.8 Å². The van der Waals surface area contributed by atoms with E-state index in [1.54, 1.807) is 6.20 Å². The zero-order chi connectivity index (χ0) is 6.85. The Morgan fingerprint density at radius 2 is 2.33 bits per heavy atom. The average molecular weight is 255 g/mol. The van der Waals surface area contributed by atoms with Gasteiger partial charge in [0.15, 0.2) is 11.0 Å². The quantitative estimate of drug-likeness (QED) is 0.711. The molecule has 9 heavy (non-hydrogen) atoms. The van der Waals surface area contributed by atoms with Gasteiger partial charge in [-0.25, -0.2) is 9.97 Å². The van der Waals surface area contributed by atoms with Crippen molar-refractivity contribution < 1.29 is 0 Å². The number of anilines is 1. The van der Waals surface area contributed by atoms with Gasteiger partial charge in [-0.05, 0) is 22.6 Å². The van der Waals surface area contributed by atoms with Crippen molar-refractivity contribution in [1.82, 2.24) is 9.97 Å². The number of rotatable bonds is 0. The fourth-order valence-electron chi connectivity index (χ4n) is 0.366. The van der Waals surface area contributed by atoms with Gasteiger partial charge in [-0.3, -0.25) is 0 Å². The molecule has 0 aliphatic rings. The predicted octanol–water partition coefficient (Wildman–Crippen LogP) is 1.32. The molecule has 1 heterocycles. The summed E-state index contributed by atoms with van der Waals surface area (Å²) in [7, 11) is 0. The monoisotopic (exact) mass is 255 g/mol. The van der Waals surface area contributed by atoms with Crippen molar-refractivity contribution in [3.8, 4) is 0 Å². The van der Waals surface area contributed by atoms with E-state index >= 15 is 0 Å². The molecule has 5 heteroatoms. The van der Waals surface area contributed by atoms with E-state index in [0.29, 0.717) is 0 Å². The summed E-state index contributed by atoms with van der Waals surface area (Å²) in [4.78, 5) is 7.59. The molecular formula is C4H3ClIN3. The Hall–Kier alpha value is -0.100. The highest BCUT2D eigenvalue weighted by Gasteiger charge is 1.96. The normalized spacial score (nSPS) is 9.56. The maximum atomic E-state index is 5.48. The SMILES string of the molecule is Nc1nc(I)cnc1Cl. The molecule has 1 aromatic heterocycles. The summed E-state index contributed by atoms with van der Waals surface area (Å²) in [5.74, 6) is 0.281. The van der Waals surface area contributed by atoms with Crippen LogP contribution in [0, 0.1) is 3.70 Å². The Morgan fingerprint density at radius 3 is 2.78 bits per heavy atom. The minimum atomic E-state index is 0.260. The maximum Gasteiger partial charge on any atom is 0.171 e. The minimum Gasteiger partial charge on any atom is -0.381 e. The molecule has 2 N–H and O–H groups in total. The number of nitrogens with zero attached hydrogens (tertiary/aromatic N) is 2. The summed E-state index contributed by atoms with van der Waals surface area (Å²) in [5, 5.41) is 0.260. The Bertz CT molecular complexity index is 227. The molecule has 0 spiro atoms. The van der Waals surface area contributed by atoms with Crippen LogP contribution in [0.5, 0.6) is 0 Å². The van der Waals surface area contributed by atoms with Crippen LogP contribution in [0.4, 0.5) is 5.82 Å². The van der Waals surface area contributed by atoms with Crippen LogP contribution in [-0.2, 0) is 0 Å². The van der Waals surface area contributed by atoms with Gasteiger partial charge in [0, 0.05) is 0 Å². The Kier molecular flexibility index (Phi) is 2.07. The molecule has 0 unspecified atom stereocenters. The fourth-order valence-corrected chi connectivity index (χ4v) is 0.856. The Balaban J connectivity index is 3.17. The van der Waals surface area contributed by atoms with Crippen LogP contribution < -0.4 is 5.73 Å². The molecule has 0 aliphatic heterocycles. The van der Waals surface area contributed by atoms with Crippen molar-refractivity contribution >= 4 is 40.0 Å². The minimum absolute atomic E-state index is 0.260. The summed E-state index contributed by atoms with van der Waals surface area (Å²) >= 11 is 7.49. The standard InChI is InChI=1S/C4H3ClIN3/c5-3-4(7)9-2(6)1-8-3/h1H,(H2,7,9). The summed E-state index contributed by atoms with van der Waals surface area (Å²) in [6.07, 6.45) is 1.55. The zero-order valence-electron chi connectivity index (χ0n) is 4.31. The van der Waals surface area contributed by atoms with Crippen LogP contribution in [-0.4, -0.2) is 9.97 Å². The molecule has 1 aromatic rings. The fraction of sp³-hybridized carbons (Fsp3) is 0. The van der Waals surface area contributed by atoms with E-state index in [9.17, 15) is 0 Å². The zero-order valence-corrected chi connectivity index (χ0v) is 7.22. The third kappa shape index (κ3) is 1.65. The third-order valence-electron chi connectivity index (χ3n) is 0.723. The number of aromatic nitrogens is 2. The molecule has 0 atom stereocenters. The first-order valence-corrected chi connectivity index (χ1v) is 3.59. The molecule has 0 saturated carbocycles. The second-order valence-electron chi connectivity index (χ2n) is 1.37. The number of nitrogens with two attached hydrogens (primary N) is 1. The van der Waals surface area contributed by atoms with Crippen molar-refractivity contribution in [3.05, 3.63) is 15.1 Å². The lowest BCUT2D eigenvalue weighted by molar-refractivity contribution is 1.17. The van der Waals surface area contributed by atoms with Gasteiger partial charge < -0.3 is 5.73 Å². The number of nitrogen functional groups attached to an aromatic ring is 1.